The van der Waals surface area contributed by atoms with Crippen LogP contribution in [-0.4, -0.2) is 36.2 Å². The Morgan fingerprint density at radius 2 is 0.850 bits per heavy atom. The maximum atomic E-state index is 8.84. The molecule has 0 bridgehead atoms. The van der Waals surface area contributed by atoms with Gasteiger partial charge in [0.05, 0.1) is 0 Å². The van der Waals surface area contributed by atoms with E-state index in [0.29, 0.717) is 6.61 Å². The van der Waals surface area contributed by atoms with Gasteiger partial charge < -0.3 is 39.7 Å². The van der Waals surface area contributed by atoms with Gasteiger partial charge in [-0.3, -0.25) is 0 Å². The van der Waals surface area contributed by atoms with Gasteiger partial charge in [-0.1, -0.05) is 76.4 Å². The van der Waals surface area contributed by atoms with E-state index in [1.165, 1.54) is 142 Å². The Morgan fingerprint density at radius 3 is 1.15 bits per heavy atom. The average molecular weight is 646 g/mol. The first-order valence-corrected chi connectivity index (χ1v) is 15.3. The van der Waals surface area contributed by atoms with Gasteiger partial charge in [-0.2, -0.15) is 0 Å². The third kappa shape index (κ3) is 23.9. The van der Waals surface area contributed by atoms with Crippen molar-refractivity contribution in [3.8, 4) is 0 Å². The molecule has 4 heteroatoms. The summed E-state index contributed by atoms with van der Waals surface area (Å²) in [6.07, 6.45) is 32.1. The summed E-state index contributed by atoms with van der Waals surface area (Å²) in [6.45, 7) is 11.9. The number of hydrogen-bond acceptors (Lipinski definition) is 2. The van der Waals surface area contributed by atoms with E-state index in [2.05, 4.69) is 30.2 Å². The van der Waals surface area contributed by atoms with Gasteiger partial charge in [0.2, 0.25) is 0 Å². The molecule has 0 radical (unpaired) electrons. The van der Waals surface area contributed by atoms with E-state index in [0.717, 1.165) is 30.1 Å². The fraction of sp³-hybridized carbons (Fsp3) is 0.778. The van der Waals surface area contributed by atoms with Gasteiger partial charge in [-0.25, -0.2) is 0 Å². The molecule has 0 saturated heterocycles. The van der Waals surface area contributed by atoms with Crippen LogP contribution in [0.2, 0.25) is 0 Å². The fourth-order valence-electron chi connectivity index (χ4n) is 6.56. The summed E-state index contributed by atoms with van der Waals surface area (Å²) in [5.41, 5.74) is 0. The largest absolute Gasteiger partial charge is 2.00 e. The van der Waals surface area contributed by atoms with Crippen molar-refractivity contribution in [1.29, 1.82) is 0 Å². The number of rotatable bonds is 12. The molecule has 2 nitrogen and oxygen atoms in total. The Morgan fingerprint density at radius 1 is 0.525 bits per heavy atom. The number of allylic oxidation sites excluding steroid dienone is 2. The van der Waals surface area contributed by atoms with Crippen LogP contribution in [0.15, 0.2) is 25.3 Å². The zero-order valence-electron chi connectivity index (χ0n) is 27.5. The summed E-state index contributed by atoms with van der Waals surface area (Å²) in [4.78, 5) is 2.80. The predicted molar refractivity (Wildman–Crippen MR) is 176 cm³/mol. The first-order chi connectivity index (χ1) is 16.7. The summed E-state index contributed by atoms with van der Waals surface area (Å²) in [5.74, 6) is 3.71. The number of hydrogen-bond donors (Lipinski definition) is 1. The van der Waals surface area contributed by atoms with Crippen molar-refractivity contribution in [2.45, 2.75) is 128 Å². The zero-order valence-corrected chi connectivity index (χ0v) is 29.7. The van der Waals surface area contributed by atoms with Crippen molar-refractivity contribution >= 4 is 0 Å². The van der Waals surface area contributed by atoms with Crippen LogP contribution in [0.25, 0.3) is 0 Å². The standard InChI is InChI=1S/C18H35NO.2C7H12.4CH3.2Fe/c20-14-8-2-1-7-13-19(15-17-9-3-4-10-17)16-18-11-5-6-12-18;2*1-2-7-5-3-4-6-7;;;;;;/h17-18,20H,1-16H2;2*2,7H,1,3-6H2;4*1H3;;/q;;;4*-1;2*+2. The normalized spacial score (nSPS) is 18.6. The minimum Gasteiger partial charge on any atom is -0.396 e. The third-order valence-electron chi connectivity index (χ3n) is 8.83. The number of nitrogens with zero attached hydrogens (tertiary/aromatic N) is 1. The van der Waals surface area contributed by atoms with E-state index in [1.54, 1.807) is 0 Å². The van der Waals surface area contributed by atoms with Gasteiger partial charge in [0.25, 0.3) is 0 Å². The van der Waals surface area contributed by atoms with E-state index >= 15 is 0 Å². The molecule has 0 unspecified atom stereocenters. The predicted octanol–water partition coefficient (Wildman–Crippen LogP) is 10.7. The molecule has 0 atom stereocenters. The van der Waals surface area contributed by atoms with Crippen molar-refractivity contribution in [2.24, 2.45) is 23.7 Å². The third-order valence-corrected chi connectivity index (χ3v) is 8.83. The topological polar surface area (TPSA) is 23.5 Å². The molecule has 1 N–H and O–H groups in total. The van der Waals surface area contributed by atoms with Crippen LogP contribution < -0.4 is 0 Å². The molecule has 0 aliphatic heterocycles. The van der Waals surface area contributed by atoms with Crippen LogP contribution in [0.4, 0.5) is 0 Å². The van der Waals surface area contributed by atoms with Gasteiger partial charge in [0.15, 0.2) is 0 Å². The second-order valence-corrected chi connectivity index (χ2v) is 11.8. The van der Waals surface area contributed by atoms with Crippen LogP contribution in [0.3, 0.4) is 0 Å². The Hall–Kier alpha value is 0.439. The quantitative estimate of drug-likeness (QED) is 0.0988. The maximum Gasteiger partial charge on any atom is 2.00 e. The van der Waals surface area contributed by atoms with Crippen LogP contribution in [0.5, 0.6) is 0 Å². The Kier molecular flexibility index (Phi) is 42.5. The molecule has 0 heterocycles. The molecule has 40 heavy (non-hydrogen) atoms. The van der Waals surface area contributed by atoms with Crippen LogP contribution in [-0.2, 0) is 34.1 Å². The molecule has 0 aromatic heterocycles. The van der Waals surface area contributed by atoms with Gasteiger partial charge in [0.1, 0.15) is 0 Å². The Bertz CT molecular complexity index is 453. The second-order valence-electron chi connectivity index (χ2n) is 11.8. The Labute approximate surface area is 276 Å². The van der Waals surface area contributed by atoms with Crippen molar-refractivity contribution in [1.82, 2.24) is 4.90 Å². The molecule has 242 valence electrons. The number of aliphatic hydroxyl groups is 1. The smallest absolute Gasteiger partial charge is 0.396 e. The van der Waals surface area contributed by atoms with Crippen molar-refractivity contribution in [3.63, 3.8) is 0 Å². The van der Waals surface area contributed by atoms with E-state index in [1.807, 2.05) is 0 Å². The van der Waals surface area contributed by atoms with E-state index < -0.39 is 0 Å². The molecular weight excluding hydrogens is 574 g/mol. The molecule has 4 rings (SSSR count). The molecule has 0 aromatic rings. The van der Waals surface area contributed by atoms with Gasteiger partial charge in [-0.15, -0.1) is 13.2 Å². The first-order valence-electron chi connectivity index (χ1n) is 15.3. The number of unbranched alkanes of at least 4 members (excludes halogenated alkanes) is 3. The van der Waals surface area contributed by atoms with Crippen molar-refractivity contribution in [3.05, 3.63) is 55.0 Å². The zero-order chi connectivity index (χ0) is 24.3. The monoisotopic (exact) mass is 645 g/mol. The molecule has 4 fully saturated rings. The minimum absolute atomic E-state index is 0. The summed E-state index contributed by atoms with van der Waals surface area (Å²) in [7, 11) is 0. The SMILES string of the molecule is C=CC1CCCC1.C=CC1CCCC1.OCCCCCCN(CC1CCCC1)CC1CCCC1.[CH3-].[CH3-].[CH3-].[CH3-].[Fe+2].[Fe+2]. The second kappa shape index (κ2) is 33.9. The molecule has 0 spiro atoms. The molecule has 0 amide bonds. The van der Waals surface area contributed by atoms with Crippen LogP contribution >= 0.6 is 0 Å². The molecule has 4 aliphatic carbocycles. The van der Waals surface area contributed by atoms with E-state index in [-0.39, 0.29) is 63.8 Å². The van der Waals surface area contributed by atoms with Gasteiger partial charge in [0, 0.05) is 19.7 Å². The molecule has 0 aromatic carbocycles. The average Bonchev–Trinajstić information content (AvgIpc) is 3.67. The minimum atomic E-state index is 0. The molecular formula is C36H71Fe2NO. The van der Waals surface area contributed by atoms with E-state index in [9.17, 15) is 0 Å². The van der Waals surface area contributed by atoms with Crippen molar-refractivity contribution in [2.75, 3.05) is 26.2 Å². The summed E-state index contributed by atoms with van der Waals surface area (Å²) in [6, 6.07) is 0. The van der Waals surface area contributed by atoms with Crippen LogP contribution in [0, 0.1) is 53.4 Å². The first kappa shape index (κ1) is 50.1. The van der Waals surface area contributed by atoms with Gasteiger partial charge >= 0.3 is 34.1 Å². The molecule has 4 saturated carbocycles. The Balaban J connectivity index is -0.000000172. The summed E-state index contributed by atoms with van der Waals surface area (Å²) >= 11 is 0. The van der Waals surface area contributed by atoms with Gasteiger partial charge in [-0.05, 0) is 94.4 Å². The van der Waals surface area contributed by atoms with Crippen LogP contribution in [0.1, 0.15) is 128 Å². The summed E-state index contributed by atoms with van der Waals surface area (Å²) < 4.78 is 0. The van der Waals surface area contributed by atoms with E-state index in [4.69, 9.17) is 5.11 Å². The molecule has 4 aliphatic rings. The summed E-state index contributed by atoms with van der Waals surface area (Å²) in [5, 5.41) is 8.84. The number of aliphatic hydroxyl groups excluding tert-OH is 1. The fourth-order valence-corrected chi connectivity index (χ4v) is 6.56. The maximum absolute atomic E-state index is 8.84. The van der Waals surface area contributed by atoms with Crippen molar-refractivity contribution < 1.29 is 39.2 Å².